The number of fused-ring (bicyclic) bond motifs is 1. The molecule has 0 bridgehead atoms. The number of carbonyl (C=O) groups is 1. The molecule has 4 rings (SSSR count). The van der Waals surface area contributed by atoms with Gasteiger partial charge in [0.2, 0.25) is 0 Å². The molecule has 7 heteroatoms. The number of thiophene rings is 1. The molecule has 134 valence electrons. The molecule has 3 atom stereocenters. The van der Waals surface area contributed by atoms with Crippen LogP contribution in [0, 0.1) is 6.92 Å². The lowest BCUT2D eigenvalue weighted by atomic mass is 10.0. The number of nitrogens with zero attached hydrogens (tertiary/aromatic N) is 3. The van der Waals surface area contributed by atoms with Crippen molar-refractivity contribution >= 4 is 17.4 Å². The Morgan fingerprint density at radius 3 is 3.20 bits per heavy atom. The van der Waals surface area contributed by atoms with Gasteiger partial charge in [-0.05, 0) is 42.8 Å². The normalized spacial score (nSPS) is 24.2. The Bertz CT molecular complexity index is 756. The number of amides is 2. The predicted octanol–water partition coefficient (Wildman–Crippen LogP) is 2.91. The molecule has 1 N–H and O–H groups in total. The van der Waals surface area contributed by atoms with Crippen LogP contribution in [0.1, 0.15) is 41.5 Å². The highest BCUT2D eigenvalue weighted by Crippen LogP contribution is 2.33. The van der Waals surface area contributed by atoms with E-state index in [9.17, 15) is 4.79 Å². The summed E-state index contributed by atoms with van der Waals surface area (Å²) >= 11 is 1.78. The molecule has 4 heterocycles. The molecule has 2 aromatic rings. The minimum atomic E-state index is -0.0499. The summed E-state index contributed by atoms with van der Waals surface area (Å²) in [5.74, 6) is 0. The monoisotopic (exact) mass is 360 g/mol. The number of aromatic nitrogens is 2. The number of carbonyl (C=O) groups excluding carboxylic acids is 1. The molecule has 25 heavy (non-hydrogen) atoms. The van der Waals surface area contributed by atoms with Crippen molar-refractivity contribution in [2.75, 3.05) is 19.7 Å². The van der Waals surface area contributed by atoms with E-state index in [2.05, 4.69) is 21.9 Å². The van der Waals surface area contributed by atoms with Crippen molar-refractivity contribution in [3.05, 3.63) is 39.8 Å². The van der Waals surface area contributed by atoms with Gasteiger partial charge in [0.15, 0.2) is 0 Å². The summed E-state index contributed by atoms with van der Waals surface area (Å²) in [5.41, 5.74) is 2.38. The molecular weight excluding hydrogens is 336 g/mol. The van der Waals surface area contributed by atoms with E-state index in [4.69, 9.17) is 4.74 Å². The van der Waals surface area contributed by atoms with E-state index >= 15 is 0 Å². The van der Waals surface area contributed by atoms with E-state index in [0.29, 0.717) is 6.54 Å². The van der Waals surface area contributed by atoms with Gasteiger partial charge in [0.05, 0.1) is 24.9 Å². The average Bonchev–Trinajstić information content (AvgIpc) is 3.33. The molecule has 6 nitrogen and oxygen atoms in total. The molecule has 1 saturated heterocycles. The van der Waals surface area contributed by atoms with Crippen LogP contribution in [0.4, 0.5) is 4.79 Å². The quantitative estimate of drug-likeness (QED) is 0.916. The van der Waals surface area contributed by atoms with E-state index in [1.807, 2.05) is 35.8 Å². The van der Waals surface area contributed by atoms with Gasteiger partial charge in [-0.3, -0.25) is 4.68 Å². The van der Waals surface area contributed by atoms with Gasteiger partial charge < -0.3 is 15.0 Å². The second-order valence-electron chi connectivity index (χ2n) is 6.96. The minimum absolute atomic E-state index is 0.00942. The Labute approximate surface area is 151 Å². The van der Waals surface area contributed by atoms with Crippen molar-refractivity contribution in [3.63, 3.8) is 0 Å². The molecule has 2 aliphatic heterocycles. The van der Waals surface area contributed by atoms with E-state index in [-0.39, 0.29) is 24.2 Å². The highest BCUT2D eigenvalue weighted by molar-refractivity contribution is 7.10. The van der Waals surface area contributed by atoms with Crippen molar-refractivity contribution in [3.8, 4) is 0 Å². The summed E-state index contributed by atoms with van der Waals surface area (Å²) in [7, 11) is 0. The average molecular weight is 360 g/mol. The third-order valence-corrected chi connectivity index (χ3v) is 6.07. The number of urea groups is 1. The largest absolute Gasteiger partial charge is 0.371 e. The van der Waals surface area contributed by atoms with Crippen LogP contribution in [0.2, 0.25) is 0 Å². The minimum Gasteiger partial charge on any atom is -0.371 e. The number of nitrogens with one attached hydrogen (secondary N) is 1. The van der Waals surface area contributed by atoms with Crippen LogP contribution in [0.25, 0.3) is 0 Å². The molecule has 0 aromatic carbocycles. The van der Waals surface area contributed by atoms with Crippen molar-refractivity contribution in [2.24, 2.45) is 0 Å². The van der Waals surface area contributed by atoms with E-state index in [0.717, 1.165) is 31.6 Å². The van der Waals surface area contributed by atoms with Crippen molar-refractivity contribution in [1.82, 2.24) is 20.0 Å². The Morgan fingerprint density at radius 2 is 2.40 bits per heavy atom. The van der Waals surface area contributed by atoms with Crippen LogP contribution in [-0.4, -0.2) is 46.4 Å². The fourth-order valence-electron chi connectivity index (χ4n) is 3.73. The molecule has 0 radical (unpaired) electrons. The van der Waals surface area contributed by atoms with Gasteiger partial charge in [0.25, 0.3) is 0 Å². The molecule has 0 saturated carbocycles. The summed E-state index contributed by atoms with van der Waals surface area (Å²) in [6, 6.07) is 2.33. The number of hydrogen-bond donors (Lipinski definition) is 1. The van der Waals surface area contributed by atoms with Crippen LogP contribution in [0.3, 0.4) is 0 Å². The first-order valence-corrected chi connectivity index (χ1v) is 9.74. The lowest BCUT2D eigenvalue weighted by Gasteiger charge is -2.30. The zero-order valence-electron chi connectivity index (χ0n) is 14.6. The molecule has 0 aliphatic carbocycles. The molecule has 0 spiro atoms. The SMILES string of the molecule is Cc1cnn(C2CCN(C(=O)NC(C)C3OCCc4sccc43)C2)c1. The van der Waals surface area contributed by atoms with E-state index in [1.165, 1.54) is 10.4 Å². The number of hydrogen-bond acceptors (Lipinski definition) is 4. The molecular formula is C18H24N4O2S. The third-order valence-electron chi connectivity index (χ3n) is 5.07. The molecule has 2 amide bonds. The maximum Gasteiger partial charge on any atom is 0.317 e. The second kappa shape index (κ2) is 6.80. The topological polar surface area (TPSA) is 59.4 Å². The first-order chi connectivity index (χ1) is 12.1. The Kier molecular flexibility index (Phi) is 4.52. The summed E-state index contributed by atoms with van der Waals surface area (Å²) in [5, 5.41) is 9.63. The highest BCUT2D eigenvalue weighted by atomic mass is 32.1. The molecule has 3 unspecified atom stereocenters. The van der Waals surface area contributed by atoms with Gasteiger partial charge in [0.1, 0.15) is 6.10 Å². The standard InChI is InChI=1S/C18H24N4O2S/c1-12-9-19-22(10-12)14-3-6-21(11-14)18(23)20-13(2)17-15-5-8-25-16(15)4-7-24-17/h5,8-10,13-14,17H,3-4,6-7,11H2,1-2H3,(H,20,23). The highest BCUT2D eigenvalue weighted by Gasteiger charge is 2.32. The second-order valence-corrected chi connectivity index (χ2v) is 7.97. The zero-order chi connectivity index (χ0) is 17.4. The fraction of sp³-hybridized carbons (Fsp3) is 0.556. The van der Waals surface area contributed by atoms with Gasteiger partial charge in [-0.2, -0.15) is 5.10 Å². The van der Waals surface area contributed by atoms with Crippen LogP contribution in [-0.2, 0) is 11.2 Å². The van der Waals surface area contributed by atoms with Crippen LogP contribution in [0.15, 0.2) is 23.8 Å². The summed E-state index contributed by atoms with van der Waals surface area (Å²) in [4.78, 5) is 15.9. The van der Waals surface area contributed by atoms with Crippen LogP contribution >= 0.6 is 11.3 Å². The molecule has 2 aromatic heterocycles. The maximum atomic E-state index is 12.7. The lowest BCUT2D eigenvalue weighted by molar-refractivity contribution is 0.0223. The summed E-state index contributed by atoms with van der Waals surface area (Å²) in [6.45, 7) is 6.25. The van der Waals surface area contributed by atoms with Crippen molar-refractivity contribution in [2.45, 2.75) is 44.9 Å². The van der Waals surface area contributed by atoms with Gasteiger partial charge in [-0.15, -0.1) is 11.3 Å². The lowest BCUT2D eigenvalue weighted by Crippen LogP contribution is -2.46. The third kappa shape index (κ3) is 3.30. The first kappa shape index (κ1) is 16.6. The van der Waals surface area contributed by atoms with Gasteiger partial charge in [-0.25, -0.2) is 4.79 Å². The van der Waals surface area contributed by atoms with Gasteiger partial charge in [-0.1, -0.05) is 0 Å². The number of aryl methyl sites for hydroxylation is 1. The van der Waals surface area contributed by atoms with E-state index in [1.54, 1.807) is 11.3 Å². The van der Waals surface area contributed by atoms with Crippen molar-refractivity contribution in [1.29, 1.82) is 0 Å². The van der Waals surface area contributed by atoms with Gasteiger partial charge >= 0.3 is 6.03 Å². The van der Waals surface area contributed by atoms with Gasteiger partial charge in [0, 0.05) is 30.6 Å². The Balaban J connectivity index is 1.36. The Morgan fingerprint density at radius 1 is 1.52 bits per heavy atom. The number of likely N-dealkylation sites (tertiary alicyclic amines) is 1. The summed E-state index contributed by atoms with van der Waals surface area (Å²) in [6.07, 6.45) is 5.77. The molecule has 2 aliphatic rings. The summed E-state index contributed by atoms with van der Waals surface area (Å²) < 4.78 is 7.92. The number of rotatable bonds is 3. The molecule has 1 fully saturated rings. The van der Waals surface area contributed by atoms with Crippen LogP contribution < -0.4 is 5.32 Å². The van der Waals surface area contributed by atoms with Crippen molar-refractivity contribution < 1.29 is 9.53 Å². The number of ether oxygens (including phenoxy) is 1. The van der Waals surface area contributed by atoms with Crippen LogP contribution in [0.5, 0.6) is 0 Å². The smallest absolute Gasteiger partial charge is 0.317 e. The fourth-order valence-corrected chi connectivity index (χ4v) is 4.63. The zero-order valence-corrected chi connectivity index (χ0v) is 15.5. The maximum absolute atomic E-state index is 12.7. The Hall–Kier alpha value is -1.86. The first-order valence-electron chi connectivity index (χ1n) is 8.86. The van der Waals surface area contributed by atoms with E-state index < -0.39 is 0 Å². The predicted molar refractivity (Wildman–Crippen MR) is 96.9 cm³/mol.